The van der Waals surface area contributed by atoms with E-state index in [1.807, 2.05) is 0 Å². The minimum absolute atomic E-state index is 0.133. The van der Waals surface area contributed by atoms with Crippen molar-refractivity contribution in [1.29, 1.82) is 0 Å². The van der Waals surface area contributed by atoms with Gasteiger partial charge in [-0.1, -0.05) is 37.3 Å². The van der Waals surface area contributed by atoms with Crippen LogP contribution in [0.2, 0.25) is 5.15 Å². The van der Waals surface area contributed by atoms with Gasteiger partial charge >= 0.3 is 6.18 Å². The summed E-state index contributed by atoms with van der Waals surface area (Å²) >= 11 is 5.65. The quantitative estimate of drug-likeness (QED) is 0.620. The van der Waals surface area contributed by atoms with Gasteiger partial charge in [-0.25, -0.2) is 4.98 Å². The molecule has 0 atom stereocenters. The molecule has 106 valence electrons. The summed E-state index contributed by atoms with van der Waals surface area (Å²) in [6, 6.07) is 2.06. The van der Waals surface area contributed by atoms with Crippen LogP contribution in [-0.2, 0) is 6.18 Å². The SMILES string of the molecule is FC(F)(F)c1cc(Cl)nc(NC2CCCCCC2)c1. The lowest BCUT2D eigenvalue weighted by Crippen LogP contribution is -2.19. The Bertz CT molecular complexity index is 426. The number of nitrogens with zero attached hydrogens (tertiary/aromatic N) is 1. The van der Waals surface area contributed by atoms with E-state index in [-0.39, 0.29) is 17.0 Å². The first-order chi connectivity index (χ1) is 8.95. The molecule has 1 aliphatic carbocycles. The Morgan fingerprint density at radius 1 is 1.11 bits per heavy atom. The monoisotopic (exact) mass is 292 g/mol. The van der Waals surface area contributed by atoms with Gasteiger partial charge < -0.3 is 5.32 Å². The van der Waals surface area contributed by atoms with Crippen LogP contribution in [0, 0.1) is 0 Å². The van der Waals surface area contributed by atoms with Gasteiger partial charge in [-0.2, -0.15) is 13.2 Å². The van der Waals surface area contributed by atoms with Gasteiger partial charge in [0, 0.05) is 6.04 Å². The average molecular weight is 293 g/mol. The maximum Gasteiger partial charge on any atom is 0.416 e. The molecule has 0 aliphatic heterocycles. The van der Waals surface area contributed by atoms with Gasteiger partial charge in [-0.15, -0.1) is 0 Å². The smallest absolute Gasteiger partial charge is 0.367 e. The van der Waals surface area contributed by atoms with Crippen LogP contribution in [0.5, 0.6) is 0 Å². The van der Waals surface area contributed by atoms with E-state index in [4.69, 9.17) is 11.6 Å². The second kappa shape index (κ2) is 5.99. The molecular weight excluding hydrogens is 277 g/mol. The average Bonchev–Trinajstić information content (AvgIpc) is 2.55. The highest BCUT2D eigenvalue weighted by Crippen LogP contribution is 2.32. The van der Waals surface area contributed by atoms with Gasteiger partial charge in [0.15, 0.2) is 0 Å². The van der Waals surface area contributed by atoms with Gasteiger partial charge in [0.1, 0.15) is 11.0 Å². The van der Waals surface area contributed by atoms with Crippen LogP contribution in [0.15, 0.2) is 12.1 Å². The highest BCUT2D eigenvalue weighted by atomic mass is 35.5. The number of anilines is 1. The third-order valence-electron chi connectivity index (χ3n) is 3.33. The van der Waals surface area contributed by atoms with E-state index >= 15 is 0 Å². The summed E-state index contributed by atoms with van der Waals surface area (Å²) in [6.45, 7) is 0. The van der Waals surface area contributed by atoms with Gasteiger partial charge in [-0.3, -0.25) is 0 Å². The predicted octanol–water partition coefficient (Wildman–Crippen LogP) is 4.89. The van der Waals surface area contributed by atoms with E-state index in [9.17, 15) is 13.2 Å². The van der Waals surface area contributed by atoms with Gasteiger partial charge in [0.05, 0.1) is 5.56 Å². The number of aromatic nitrogens is 1. The zero-order chi connectivity index (χ0) is 13.9. The number of hydrogen-bond donors (Lipinski definition) is 1. The molecule has 0 aromatic carbocycles. The Labute approximate surface area is 115 Å². The van der Waals surface area contributed by atoms with Crippen LogP contribution in [0.25, 0.3) is 0 Å². The zero-order valence-corrected chi connectivity index (χ0v) is 11.2. The largest absolute Gasteiger partial charge is 0.416 e. The lowest BCUT2D eigenvalue weighted by Gasteiger charge is -2.18. The van der Waals surface area contributed by atoms with Gasteiger partial charge in [0.25, 0.3) is 0 Å². The number of alkyl halides is 3. The number of pyridine rings is 1. The third kappa shape index (κ3) is 4.27. The molecule has 1 N–H and O–H groups in total. The fourth-order valence-electron chi connectivity index (χ4n) is 2.37. The Kier molecular flexibility index (Phi) is 4.55. The summed E-state index contributed by atoms with van der Waals surface area (Å²) in [6.07, 6.45) is 2.12. The molecule has 0 saturated heterocycles. The van der Waals surface area contributed by atoms with Crippen LogP contribution in [0.4, 0.5) is 19.0 Å². The van der Waals surface area contributed by atoms with Crippen molar-refractivity contribution >= 4 is 17.4 Å². The molecule has 6 heteroatoms. The highest BCUT2D eigenvalue weighted by molar-refractivity contribution is 6.29. The van der Waals surface area contributed by atoms with Crippen molar-refractivity contribution in [2.75, 3.05) is 5.32 Å². The molecule has 19 heavy (non-hydrogen) atoms. The van der Waals surface area contributed by atoms with Crippen molar-refractivity contribution in [2.24, 2.45) is 0 Å². The standard InChI is InChI=1S/C13H16ClF3N2/c14-11-7-9(13(15,16)17)8-12(19-11)18-10-5-3-1-2-4-6-10/h7-8,10H,1-6H2,(H,18,19). The molecule has 2 rings (SSSR count). The fraction of sp³-hybridized carbons (Fsp3) is 0.615. The van der Waals surface area contributed by atoms with Crippen molar-refractivity contribution < 1.29 is 13.2 Å². The van der Waals surface area contributed by atoms with Crippen molar-refractivity contribution in [3.8, 4) is 0 Å². The van der Waals surface area contributed by atoms with Crippen LogP contribution in [-0.4, -0.2) is 11.0 Å². The number of hydrogen-bond acceptors (Lipinski definition) is 2. The molecule has 0 unspecified atom stereocenters. The Morgan fingerprint density at radius 3 is 2.32 bits per heavy atom. The van der Waals surface area contributed by atoms with Crippen LogP contribution in [0.3, 0.4) is 0 Å². The second-order valence-corrected chi connectivity index (χ2v) is 5.28. The van der Waals surface area contributed by atoms with Crippen molar-refractivity contribution in [3.05, 3.63) is 22.8 Å². The number of halogens is 4. The molecule has 1 aromatic heterocycles. The van der Waals surface area contributed by atoms with Gasteiger partial charge in [-0.05, 0) is 25.0 Å². The Balaban J connectivity index is 2.13. The lowest BCUT2D eigenvalue weighted by atomic mass is 10.1. The van der Waals surface area contributed by atoms with Crippen LogP contribution < -0.4 is 5.32 Å². The fourth-order valence-corrected chi connectivity index (χ4v) is 2.58. The molecule has 1 aromatic rings. The van der Waals surface area contributed by atoms with E-state index in [0.29, 0.717) is 0 Å². The summed E-state index contributed by atoms with van der Waals surface area (Å²) in [5.74, 6) is 0.215. The Hall–Kier alpha value is -0.970. The van der Waals surface area contributed by atoms with Crippen LogP contribution in [0.1, 0.15) is 44.1 Å². The Morgan fingerprint density at radius 2 is 1.74 bits per heavy atom. The number of rotatable bonds is 2. The minimum atomic E-state index is -4.40. The molecule has 0 amide bonds. The van der Waals surface area contributed by atoms with Gasteiger partial charge in [0.2, 0.25) is 0 Å². The summed E-state index contributed by atoms with van der Waals surface area (Å²) in [7, 11) is 0. The molecule has 1 fully saturated rings. The molecule has 0 radical (unpaired) electrons. The first-order valence-corrected chi connectivity index (χ1v) is 6.84. The molecule has 0 spiro atoms. The summed E-state index contributed by atoms with van der Waals surface area (Å²) in [4.78, 5) is 3.93. The first-order valence-electron chi connectivity index (χ1n) is 6.46. The van der Waals surface area contributed by atoms with E-state index in [1.165, 1.54) is 12.8 Å². The molecule has 0 bridgehead atoms. The summed E-state index contributed by atoms with van der Waals surface area (Å²) in [5.41, 5.74) is -0.761. The van der Waals surface area contributed by atoms with E-state index < -0.39 is 11.7 Å². The van der Waals surface area contributed by atoms with Crippen LogP contribution >= 0.6 is 11.6 Å². The first kappa shape index (κ1) is 14.4. The molecule has 1 saturated carbocycles. The molecule has 1 heterocycles. The zero-order valence-electron chi connectivity index (χ0n) is 10.4. The maximum atomic E-state index is 12.7. The third-order valence-corrected chi connectivity index (χ3v) is 3.52. The maximum absolute atomic E-state index is 12.7. The molecular formula is C13H16ClF3N2. The van der Waals surface area contributed by atoms with E-state index in [2.05, 4.69) is 10.3 Å². The van der Waals surface area contributed by atoms with Crippen molar-refractivity contribution in [2.45, 2.75) is 50.7 Å². The predicted molar refractivity (Wildman–Crippen MR) is 69.4 cm³/mol. The van der Waals surface area contributed by atoms with Crippen molar-refractivity contribution in [3.63, 3.8) is 0 Å². The summed E-state index contributed by atoms with van der Waals surface area (Å²) in [5, 5.41) is 2.95. The second-order valence-electron chi connectivity index (χ2n) is 4.89. The van der Waals surface area contributed by atoms with E-state index in [0.717, 1.165) is 37.8 Å². The summed E-state index contributed by atoms with van der Waals surface area (Å²) < 4.78 is 38.0. The highest BCUT2D eigenvalue weighted by Gasteiger charge is 2.31. The normalized spacial score (nSPS) is 18.1. The lowest BCUT2D eigenvalue weighted by molar-refractivity contribution is -0.137. The molecule has 1 aliphatic rings. The number of nitrogens with one attached hydrogen (secondary N) is 1. The van der Waals surface area contributed by atoms with Crippen molar-refractivity contribution in [1.82, 2.24) is 4.98 Å². The van der Waals surface area contributed by atoms with E-state index in [1.54, 1.807) is 0 Å². The minimum Gasteiger partial charge on any atom is -0.367 e. The topological polar surface area (TPSA) is 24.9 Å². The molecule has 2 nitrogen and oxygen atoms in total.